The first kappa shape index (κ1) is 15.0. The molecule has 1 spiro atoms. The van der Waals surface area contributed by atoms with Crippen molar-refractivity contribution >= 4 is 16.7 Å². The van der Waals surface area contributed by atoms with Crippen molar-refractivity contribution in [3.63, 3.8) is 0 Å². The zero-order chi connectivity index (χ0) is 14.0. The van der Waals surface area contributed by atoms with E-state index in [-0.39, 0.29) is 22.9 Å². The van der Waals surface area contributed by atoms with Gasteiger partial charge in [0, 0.05) is 28.9 Å². The summed E-state index contributed by atoms with van der Waals surface area (Å²) in [5.41, 5.74) is -0.297. The summed E-state index contributed by atoms with van der Waals surface area (Å²) in [6.07, 6.45) is 8.11. The summed E-state index contributed by atoms with van der Waals surface area (Å²) in [7, 11) is -0.875. The molecule has 0 aromatic carbocycles. The van der Waals surface area contributed by atoms with E-state index in [1.165, 1.54) is 0 Å². The maximum absolute atomic E-state index is 12.7. The second-order valence-corrected chi connectivity index (χ2v) is 7.81. The number of carbonyl (C=O) groups excluding carboxylic acids is 1. The lowest BCUT2D eigenvalue weighted by Crippen LogP contribution is -2.44. The molecule has 0 bridgehead atoms. The topological polar surface area (TPSA) is 49.4 Å². The van der Waals surface area contributed by atoms with Crippen molar-refractivity contribution in [3.8, 4) is 0 Å². The highest BCUT2D eigenvalue weighted by atomic mass is 32.2. The van der Waals surface area contributed by atoms with Crippen LogP contribution >= 0.6 is 0 Å². The number of nitrogens with zero attached hydrogens (tertiary/aromatic N) is 1. The van der Waals surface area contributed by atoms with Crippen LogP contribution in [0.4, 0.5) is 0 Å². The second kappa shape index (κ2) is 5.92. The molecule has 0 radical (unpaired) electrons. The lowest BCUT2D eigenvalue weighted by Gasteiger charge is -2.26. The third-order valence-electron chi connectivity index (χ3n) is 4.53. The van der Waals surface area contributed by atoms with Gasteiger partial charge in [0.25, 0.3) is 0 Å². The zero-order valence-corrected chi connectivity index (χ0v) is 13.1. The molecule has 1 saturated carbocycles. The van der Waals surface area contributed by atoms with Gasteiger partial charge >= 0.3 is 0 Å². The predicted octanol–water partition coefficient (Wildman–Crippen LogP) is 1.62. The number of hydrogen-bond acceptors (Lipinski definition) is 3. The minimum atomic E-state index is -0.875. The smallest absolute Gasteiger partial charge is 0.244 e. The van der Waals surface area contributed by atoms with Gasteiger partial charge < -0.3 is 4.90 Å². The van der Waals surface area contributed by atoms with Gasteiger partial charge in [-0.25, -0.2) is 0 Å². The van der Waals surface area contributed by atoms with E-state index in [2.05, 4.69) is 12.2 Å². The molecule has 2 rings (SSSR count). The van der Waals surface area contributed by atoms with Crippen LogP contribution in [0, 0.1) is 0 Å². The summed E-state index contributed by atoms with van der Waals surface area (Å²) in [5.74, 6) is 0.251. The summed E-state index contributed by atoms with van der Waals surface area (Å²) in [5, 5.41) is 3.63. The minimum absolute atomic E-state index is 0.0432. The summed E-state index contributed by atoms with van der Waals surface area (Å²) < 4.78 is 11.6. The lowest BCUT2D eigenvalue weighted by molar-refractivity contribution is -0.133. The number of rotatable bonds is 5. The van der Waals surface area contributed by atoms with E-state index >= 15 is 0 Å². The maximum atomic E-state index is 12.7. The Morgan fingerprint density at radius 1 is 1.47 bits per heavy atom. The van der Waals surface area contributed by atoms with Crippen LogP contribution in [-0.2, 0) is 15.6 Å². The standard InChI is InChI=1S/C14H26N2O2S/c1-4-7-12-15-14(8-5-6-9-14)13(17)16(12)10-11(2)19(3)18/h11-12,15H,4-10H2,1-3H3. The van der Waals surface area contributed by atoms with Crippen LogP contribution in [0.2, 0.25) is 0 Å². The van der Waals surface area contributed by atoms with E-state index < -0.39 is 10.8 Å². The van der Waals surface area contributed by atoms with Gasteiger partial charge in [-0.1, -0.05) is 26.2 Å². The van der Waals surface area contributed by atoms with Gasteiger partial charge in [0.2, 0.25) is 5.91 Å². The quantitative estimate of drug-likeness (QED) is 0.835. The third kappa shape index (κ3) is 2.87. The molecule has 2 fully saturated rings. The molecule has 1 heterocycles. The van der Waals surface area contributed by atoms with Crippen molar-refractivity contribution in [2.24, 2.45) is 0 Å². The van der Waals surface area contributed by atoms with E-state index in [1.807, 2.05) is 11.8 Å². The van der Waals surface area contributed by atoms with Crippen LogP contribution < -0.4 is 5.32 Å². The first-order chi connectivity index (χ1) is 9.00. The zero-order valence-electron chi connectivity index (χ0n) is 12.3. The fraction of sp³-hybridized carbons (Fsp3) is 0.929. The van der Waals surface area contributed by atoms with Crippen molar-refractivity contribution in [3.05, 3.63) is 0 Å². The maximum Gasteiger partial charge on any atom is 0.244 e. The Bertz CT molecular complexity index is 366. The SMILES string of the molecule is CCCC1NC2(CCCC2)C(=O)N1CC(C)S(C)=O. The molecular formula is C14H26N2O2S. The number of carbonyl (C=O) groups is 1. The Hall–Kier alpha value is -0.420. The summed E-state index contributed by atoms with van der Waals surface area (Å²) in [4.78, 5) is 14.7. The highest BCUT2D eigenvalue weighted by Gasteiger charge is 2.51. The van der Waals surface area contributed by atoms with E-state index in [9.17, 15) is 9.00 Å². The molecule has 4 nitrogen and oxygen atoms in total. The molecule has 1 N–H and O–H groups in total. The number of amides is 1. The highest BCUT2D eigenvalue weighted by Crippen LogP contribution is 2.37. The Kier molecular flexibility index (Phi) is 4.66. The largest absolute Gasteiger partial charge is 0.324 e. The molecule has 1 aliphatic carbocycles. The average molecular weight is 286 g/mol. The molecule has 1 amide bonds. The van der Waals surface area contributed by atoms with Gasteiger partial charge in [0.05, 0.1) is 11.7 Å². The van der Waals surface area contributed by atoms with Crippen molar-refractivity contribution in [2.75, 3.05) is 12.8 Å². The number of nitrogens with one attached hydrogen (secondary N) is 1. The summed E-state index contributed by atoms with van der Waals surface area (Å²) >= 11 is 0. The molecule has 3 atom stereocenters. The third-order valence-corrected chi connectivity index (χ3v) is 5.81. The van der Waals surface area contributed by atoms with E-state index in [0.717, 1.165) is 38.5 Å². The van der Waals surface area contributed by atoms with Gasteiger partial charge in [0.15, 0.2) is 0 Å². The first-order valence-electron chi connectivity index (χ1n) is 7.41. The van der Waals surface area contributed by atoms with E-state index in [4.69, 9.17) is 0 Å². The van der Waals surface area contributed by atoms with Crippen molar-refractivity contribution in [1.82, 2.24) is 10.2 Å². The summed E-state index contributed by atoms with van der Waals surface area (Å²) in [6, 6.07) is 0. The summed E-state index contributed by atoms with van der Waals surface area (Å²) in [6.45, 7) is 4.72. The second-order valence-electron chi connectivity index (χ2n) is 6.00. The van der Waals surface area contributed by atoms with Crippen LogP contribution in [0.5, 0.6) is 0 Å². The van der Waals surface area contributed by atoms with E-state index in [1.54, 1.807) is 6.26 Å². The molecular weight excluding hydrogens is 260 g/mol. The van der Waals surface area contributed by atoms with Gasteiger partial charge in [-0.3, -0.25) is 14.3 Å². The highest BCUT2D eigenvalue weighted by molar-refractivity contribution is 7.84. The molecule has 110 valence electrons. The molecule has 2 aliphatic rings. The lowest BCUT2D eigenvalue weighted by atomic mass is 9.98. The van der Waals surface area contributed by atoms with Crippen LogP contribution in [0.15, 0.2) is 0 Å². The van der Waals surface area contributed by atoms with Crippen LogP contribution in [-0.4, -0.2) is 44.8 Å². The molecule has 0 aromatic rings. The van der Waals surface area contributed by atoms with Crippen molar-refractivity contribution in [1.29, 1.82) is 0 Å². The van der Waals surface area contributed by atoms with Crippen LogP contribution in [0.1, 0.15) is 52.4 Å². The van der Waals surface area contributed by atoms with Gasteiger partial charge in [-0.05, 0) is 26.2 Å². The van der Waals surface area contributed by atoms with Gasteiger partial charge in [0.1, 0.15) is 0 Å². The number of hydrogen-bond donors (Lipinski definition) is 1. The Balaban J connectivity index is 2.13. The Labute approximate surface area is 118 Å². The van der Waals surface area contributed by atoms with Gasteiger partial charge in [-0.15, -0.1) is 0 Å². The van der Waals surface area contributed by atoms with Crippen LogP contribution in [0.3, 0.4) is 0 Å². The fourth-order valence-corrected chi connectivity index (χ4v) is 3.68. The molecule has 1 aliphatic heterocycles. The van der Waals surface area contributed by atoms with E-state index in [0.29, 0.717) is 6.54 Å². The Morgan fingerprint density at radius 2 is 2.11 bits per heavy atom. The molecule has 1 saturated heterocycles. The molecule has 0 aromatic heterocycles. The fourth-order valence-electron chi connectivity index (χ4n) is 3.31. The van der Waals surface area contributed by atoms with Crippen LogP contribution in [0.25, 0.3) is 0 Å². The van der Waals surface area contributed by atoms with Gasteiger partial charge in [-0.2, -0.15) is 0 Å². The van der Waals surface area contributed by atoms with Crippen molar-refractivity contribution in [2.45, 2.75) is 69.3 Å². The average Bonchev–Trinajstić information content (AvgIpc) is 2.92. The molecule has 3 unspecified atom stereocenters. The molecule has 19 heavy (non-hydrogen) atoms. The first-order valence-corrected chi connectivity index (χ1v) is 9.03. The minimum Gasteiger partial charge on any atom is -0.324 e. The predicted molar refractivity (Wildman–Crippen MR) is 78.3 cm³/mol. The van der Waals surface area contributed by atoms with Crippen molar-refractivity contribution < 1.29 is 9.00 Å². The Morgan fingerprint density at radius 3 is 2.63 bits per heavy atom. The normalized spacial score (nSPS) is 29.1. The molecule has 5 heteroatoms. The monoisotopic (exact) mass is 286 g/mol.